The van der Waals surface area contributed by atoms with E-state index in [2.05, 4.69) is 9.97 Å². The summed E-state index contributed by atoms with van der Waals surface area (Å²) in [4.78, 5) is 9.27. The highest BCUT2D eigenvalue weighted by Gasteiger charge is 2.43. The monoisotopic (exact) mass is 376 g/mol. The summed E-state index contributed by atoms with van der Waals surface area (Å²) in [6.45, 7) is 0. The third kappa shape index (κ3) is 2.97. The molecule has 1 saturated carbocycles. The van der Waals surface area contributed by atoms with Gasteiger partial charge in [0.05, 0.1) is 17.5 Å². The second-order valence-electron chi connectivity index (χ2n) is 6.11. The summed E-state index contributed by atoms with van der Waals surface area (Å²) in [5.74, 6) is 0.406. The molecule has 4 atom stereocenters. The summed E-state index contributed by atoms with van der Waals surface area (Å²) >= 11 is 7.46. The van der Waals surface area contributed by atoms with Gasteiger partial charge in [-0.05, 0) is 36.8 Å². The molecular formula is C17H17ClN4O2S. The van der Waals surface area contributed by atoms with Crippen LogP contribution < -0.4 is 5.73 Å². The number of hydrogen-bond acceptors (Lipinski definition) is 6. The Morgan fingerprint density at radius 2 is 1.88 bits per heavy atom. The molecule has 130 valence electrons. The fourth-order valence-corrected chi connectivity index (χ4v) is 4.67. The van der Waals surface area contributed by atoms with Crippen molar-refractivity contribution in [3.63, 3.8) is 0 Å². The molecule has 3 aromatic rings. The summed E-state index contributed by atoms with van der Waals surface area (Å²) in [7, 11) is 0. The molecule has 1 fully saturated rings. The highest BCUT2D eigenvalue weighted by molar-refractivity contribution is 8.00. The Morgan fingerprint density at radius 3 is 2.64 bits per heavy atom. The van der Waals surface area contributed by atoms with Crippen LogP contribution in [0.25, 0.3) is 11.0 Å². The number of nitrogen functional groups attached to an aromatic ring is 1. The lowest BCUT2D eigenvalue weighted by Gasteiger charge is -2.18. The quantitative estimate of drug-likeness (QED) is 0.649. The number of nitrogens with two attached hydrogens (primary N) is 1. The van der Waals surface area contributed by atoms with Crippen LogP contribution in [-0.4, -0.2) is 42.2 Å². The van der Waals surface area contributed by atoms with Gasteiger partial charge in [-0.3, -0.25) is 0 Å². The van der Waals surface area contributed by atoms with E-state index in [0.29, 0.717) is 22.9 Å². The molecule has 2 aromatic heterocycles. The zero-order chi connectivity index (χ0) is 17.6. The van der Waals surface area contributed by atoms with Crippen LogP contribution in [0.15, 0.2) is 47.8 Å². The van der Waals surface area contributed by atoms with Crippen LogP contribution in [0.2, 0.25) is 5.02 Å². The Hall–Kier alpha value is -1.80. The van der Waals surface area contributed by atoms with Crippen LogP contribution in [0.3, 0.4) is 0 Å². The predicted octanol–water partition coefficient (Wildman–Crippen LogP) is 2.49. The average molecular weight is 377 g/mol. The van der Waals surface area contributed by atoms with Crippen molar-refractivity contribution in [2.45, 2.75) is 34.8 Å². The number of anilines is 1. The van der Waals surface area contributed by atoms with Gasteiger partial charge in [0.15, 0.2) is 0 Å². The Labute approximate surface area is 153 Å². The van der Waals surface area contributed by atoms with E-state index in [9.17, 15) is 10.2 Å². The minimum Gasteiger partial charge on any atom is -0.389 e. The van der Waals surface area contributed by atoms with E-state index >= 15 is 0 Å². The Kier molecular flexibility index (Phi) is 4.33. The van der Waals surface area contributed by atoms with E-state index in [1.54, 1.807) is 11.8 Å². The van der Waals surface area contributed by atoms with Crippen molar-refractivity contribution in [1.82, 2.24) is 14.5 Å². The first kappa shape index (κ1) is 16.7. The lowest BCUT2D eigenvalue weighted by atomic mass is 10.2. The minimum absolute atomic E-state index is 0.127. The average Bonchev–Trinajstić information content (AvgIpc) is 3.14. The topological polar surface area (TPSA) is 97.2 Å². The number of fused-ring (bicyclic) bond motifs is 1. The van der Waals surface area contributed by atoms with E-state index in [4.69, 9.17) is 17.3 Å². The van der Waals surface area contributed by atoms with Crippen molar-refractivity contribution in [1.29, 1.82) is 0 Å². The first-order chi connectivity index (χ1) is 12.0. The Bertz CT molecular complexity index is 901. The maximum atomic E-state index is 10.6. The van der Waals surface area contributed by atoms with Gasteiger partial charge in [-0.15, -0.1) is 11.8 Å². The van der Waals surface area contributed by atoms with Crippen LogP contribution >= 0.6 is 23.4 Å². The molecule has 0 amide bonds. The molecule has 0 bridgehead atoms. The standard InChI is InChI=1S/C17H17ClN4O2S/c18-9-1-3-10(4-2-9)25-13-7-12(14(23)15(13)24)22-6-5-11-16(19)20-8-21-17(11)22/h1-6,8,12-15,23-24H,7H2,(H2,19,20,21)/t12-,13+,14+,15-/m1/s1. The van der Waals surface area contributed by atoms with Crippen LogP contribution in [0.4, 0.5) is 5.82 Å². The van der Waals surface area contributed by atoms with Crippen molar-refractivity contribution in [3.05, 3.63) is 47.9 Å². The fraction of sp³-hybridized carbons (Fsp3) is 0.294. The molecule has 0 spiro atoms. The van der Waals surface area contributed by atoms with E-state index < -0.39 is 12.2 Å². The molecule has 1 aliphatic rings. The lowest BCUT2D eigenvalue weighted by molar-refractivity contribution is 0.0260. The first-order valence-corrected chi connectivity index (χ1v) is 9.15. The number of aliphatic hydroxyl groups is 2. The van der Waals surface area contributed by atoms with Crippen LogP contribution in [0, 0.1) is 0 Å². The molecule has 1 aromatic carbocycles. The second kappa shape index (κ2) is 6.49. The number of thioether (sulfide) groups is 1. The minimum atomic E-state index is -0.878. The number of halogens is 1. The summed E-state index contributed by atoms with van der Waals surface area (Å²) in [6, 6.07) is 9.03. The normalized spacial score (nSPS) is 26.4. The zero-order valence-electron chi connectivity index (χ0n) is 13.2. The molecule has 2 heterocycles. The smallest absolute Gasteiger partial charge is 0.145 e. The largest absolute Gasteiger partial charge is 0.389 e. The van der Waals surface area contributed by atoms with Gasteiger partial charge in [0.25, 0.3) is 0 Å². The van der Waals surface area contributed by atoms with Crippen molar-refractivity contribution in [3.8, 4) is 0 Å². The van der Waals surface area contributed by atoms with Gasteiger partial charge in [0.2, 0.25) is 0 Å². The Balaban J connectivity index is 1.61. The fourth-order valence-electron chi connectivity index (χ4n) is 3.31. The van der Waals surface area contributed by atoms with E-state index in [1.165, 1.54) is 6.33 Å². The van der Waals surface area contributed by atoms with Crippen molar-refractivity contribution in [2.24, 2.45) is 0 Å². The first-order valence-electron chi connectivity index (χ1n) is 7.90. The maximum Gasteiger partial charge on any atom is 0.145 e. The molecule has 0 radical (unpaired) electrons. The molecule has 0 aliphatic heterocycles. The molecule has 0 saturated heterocycles. The molecular weight excluding hydrogens is 360 g/mol. The molecule has 25 heavy (non-hydrogen) atoms. The molecule has 1 aliphatic carbocycles. The number of nitrogens with zero attached hydrogens (tertiary/aromatic N) is 3. The summed E-state index contributed by atoms with van der Waals surface area (Å²) in [6.07, 6.45) is 2.15. The second-order valence-corrected chi connectivity index (χ2v) is 7.86. The summed E-state index contributed by atoms with van der Waals surface area (Å²) in [5.41, 5.74) is 6.55. The summed E-state index contributed by atoms with van der Waals surface area (Å²) in [5, 5.41) is 22.4. The van der Waals surface area contributed by atoms with Gasteiger partial charge in [0, 0.05) is 21.4 Å². The van der Waals surface area contributed by atoms with Crippen LogP contribution in [-0.2, 0) is 0 Å². The number of hydrogen-bond donors (Lipinski definition) is 3. The van der Waals surface area contributed by atoms with Crippen molar-refractivity contribution < 1.29 is 10.2 Å². The number of rotatable bonds is 3. The lowest BCUT2D eigenvalue weighted by Crippen LogP contribution is -2.30. The highest BCUT2D eigenvalue weighted by Crippen LogP contribution is 2.42. The predicted molar refractivity (Wildman–Crippen MR) is 98.7 cm³/mol. The van der Waals surface area contributed by atoms with Gasteiger partial charge in [0.1, 0.15) is 23.9 Å². The van der Waals surface area contributed by atoms with Gasteiger partial charge < -0.3 is 20.5 Å². The SMILES string of the molecule is Nc1ncnc2c1ccn2[C@@H]1C[C@H](Sc2ccc(Cl)cc2)[C@@H](O)[C@H]1O. The molecule has 4 N–H and O–H groups in total. The molecule has 4 rings (SSSR count). The molecule has 6 nitrogen and oxygen atoms in total. The third-order valence-electron chi connectivity index (χ3n) is 4.60. The van der Waals surface area contributed by atoms with Gasteiger partial charge in [-0.2, -0.15) is 0 Å². The Morgan fingerprint density at radius 1 is 1.12 bits per heavy atom. The molecule has 8 heteroatoms. The van der Waals surface area contributed by atoms with E-state index in [1.807, 2.05) is 41.1 Å². The van der Waals surface area contributed by atoms with E-state index in [0.717, 1.165) is 10.3 Å². The van der Waals surface area contributed by atoms with Gasteiger partial charge in [-0.1, -0.05) is 11.6 Å². The third-order valence-corrected chi connectivity index (χ3v) is 6.17. The van der Waals surface area contributed by atoms with E-state index in [-0.39, 0.29) is 11.3 Å². The number of benzene rings is 1. The number of aliphatic hydroxyl groups excluding tert-OH is 2. The maximum absolute atomic E-state index is 10.6. The van der Waals surface area contributed by atoms with Crippen LogP contribution in [0.1, 0.15) is 12.5 Å². The highest BCUT2D eigenvalue weighted by atomic mass is 35.5. The van der Waals surface area contributed by atoms with Crippen molar-refractivity contribution in [2.75, 3.05) is 5.73 Å². The van der Waals surface area contributed by atoms with Gasteiger partial charge >= 0.3 is 0 Å². The summed E-state index contributed by atoms with van der Waals surface area (Å²) < 4.78 is 1.88. The molecule has 0 unspecified atom stereocenters. The van der Waals surface area contributed by atoms with Gasteiger partial charge in [-0.25, -0.2) is 9.97 Å². The zero-order valence-corrected chi connectivity index (χ0v) is 14.7. The van der Waals surface area contributed by atoms with Crippen molar-refractivity contribution >= 4 is 40.2 Å². The van der Waals surface area contributed by atoms with Crippen LogP contribution in [0.5, 0.6) is 0 Å². The number of aromatic nitrogens is 3.